The molecule has 142 valence electrons. The lowest BCUT2D eigenvalue weighted by Crippen LogP contribution is -2.45. The molecule has 27 heavy (non-hydrogen) atoms. The predicted molar refractivity (Wildman–Crippen MR) is 106 cm³/mol. The number of fused-ring (bicyclic) bond motifs is 1. The first-order valence-corrected chi connectivity index (χ1v) is 9.59. The average Bonchev–Trinajstić information content (AvgIpc) is 3.13. The van der Waals surface area contributed by atoms with Crippen molar-refractivity contribution >= 4 is 23.7 Å². The van der Waals surface area contributed by atoms with E-state index in [9.17, 15) is 4.79 Å². The number of anilines is 3. The molecular formula is C20H26N6O. The highest BCUT2D eigenvalue weighted by Gasteiger charge is 2.31. The highest BCUT2D eigenvalue weighted by atomic mass is 16.1. The van der Waals surface area contributed by atoms with Crippen molar-refractivity contribution in [3.05, 3.63) is 41.1 Å². The van der Waals surface area contributed by atoms with Crippen molar-refractivity contribution in [1.29, 1.82) is 0 Å². The van der Waals surface area contributed by atoms with Crippen molar-refractivity contribution in [2.24, 2.45) is 5.73 Å². The summed E-state index contributed by atoms with van der Waals surface area (Å²) in [6, 6.07) is 8.02. The number of hydrogen-bond donors (Lipinski definition) is 3. The number of benzene rings is 1. The van der Waals surface area contributed by atoms with Crippen LogP contribution in [0.3, 0.4) is 0 Å². The maximum atomic E-state index is 11.5. The van der Waals surface area contributed by atoms with E-state index in [0.29, 0.717) is 24.9 Å². The summed E-state index contributed by atoms with van der Waals surface area (Å²) in [7, 11) is 0. The molecule has 2 aliphatic rings. The van der Waals surface area contributed by atoms with Gasteiger partial charge < -0.3 is 20.7 Å². The Hall–Kier alpha value is -2.51. The minimum absolute atomic E-state index is 0.264. The zero-order valence-corrected chi connectivity index (χ0v) is 15.6. The molecule has 2 aliphatic heterocycles. The maximum Gasteiger partial charge on any atom is 0.227 e. The summed E-state index contributed by atoms with van der Waals surface area (Å²) < 4.78 is 0. The number of nitrogens with one attached hydrogen (secondary N) is 2. The number of carbonyl (C=O) groups is 1. The van der Waals surface area contributed by atoms with Gasteiger partial charge in [0.2, 0.25) is 5.95 Å². The topological polar surface area (TPSA) is 96.2 Å². The molecule has 1 fully saturated rings. The first-order chi connectivity index (χ1) is 13.2. The Morgan fingerprint density at radius 3 is 2.85 bits per heavy atom. The van der Waals surface area contributed by atoms with Crippen LogP contribution in [0.5, 0.6) is 0 Å². The molecule has 4 N–H and O–H groups in total. The lowest BCUT2D eigenvalue weighted by Gasteiger charge is -2.35. The highest BCUT2D eigenvalue weighted by Crippen LogP contribution is 2.33. The van der Waals surface area contributed by atoms with Crippen molar-refractivity contribution in [2.45, 2.75) is 44.8 Å². The second-order valence-corrected chi connectivity index (χ2v) is 7.30. The van der Waals surface area contributed by atoms with Gasteiger partial charge in [-0.3, -0.25) is 5.32 Å². The lowest BCUT2D eigenvalue weighted by molar-refractivity contribution is -0.109. The number of nitrogens with zero attached hydrogens (tertiary/aromatic N) is 3. The Bertz CT molecular complexity index is 822. The molecule has 0 saturated carbocycles. The third kappa shape index (κ3) is 3.52. The molecule has 2 unspecified atom stereocenters. The summed E-state index contributed by atoms with van der Waals surface area (Å²) in [6.07, 6.45) is 4.28. The Balaban J connectivity index is 1.74. The summed E-state index contributed by atoms with van der Waals surface area (Å²) in [4.78, 5) is 23.4. The van der Waals surface area contributed by atoms with Crippen molar-refractivity contribution in [2.75, 3.05) is 23.3 Å². The first-order valence-electron chi connectivity index (χ1n) is 9.59. The van der Waals surface area contributed by atoms with E-state index in [4.69, 9.17) is 15.7 Å². The molecule has 0 spiro atoms. The Kier molecular flexibility index (Phi) is 5.05. The number of nitrogens with two attached hydrogens (primary N) is 1. The molecule has 7 heteroatoms. The van der Waals surface area contributed by atoms with E-state index < -0.39 is 0 Å². The van der Waals surface area contributed by atoms with Crippen LogP contribution in [-0.2, 0) is 11.3 Å². The van der Waals surface area contributed by atoms with Crippen LogP contribution >= 0.6 is 0 Å². The normalized spacial score (nSPS) is 21.8. The molecule has 0 amide bonds. The third-order valence-corrected chi connectivity index (χ3v) is 5.42. The van der Waals surface area contributed by atoms with Gasteiger partial charge in [0.1, 0.15) is 12.1 Å². The van der Waals surface area contributed by atoms with Gasteiger partial charge in [0.15, 0.2) is 0 Å². The van der Waals surface area contributed by atoms with Crippen molar-refractivity contribution in [1.82, 2.24) is 15.3 Å². The summed E-state index contributed by atoms with van der Waals surface area (Å²) in [5.74, 6) is 1.40. The van der Waals surface area contributed by atoms with Gasteiger partial charge in [-0.2, -0.15) is 4.98 Å². The number of piperidine rings is 1. The van der Waals surface area contributed by atoms with E-state index in [0.717, 1.165) is 42.6 Å². The van der Waals surface area contributed by atoms with Gasteiger partial charge in [-0.05, 0) is 38.3 Å². The second-order valence-electron chi connectivity index (χ2n) is 7.30. The van der Waals surface area contributed by atoms with E-state index in [1.807, 2.05) is 12.1 Å². The van der Waals surface area contributed by atoms with Gasteiger partial charge in [0.05, 0.1) is 11.7 Å². The number of hydrogen-bond acceptors (Lipinski definition) is 7. The number of aldehydes is 1. The molecule has 0 aliphatic carbocycles. The molecule has 2 atom stereocenters. The average molecular weight is 366 g/mol. The summed E-state index contributed by atoms with van der Waals surface area (Å²) >= 11 is 0. The van der Waals surface area contributed by atoms with Crippen LogP contribution in [0.25, 0.3) is 0 Å². The van der Waals surface area contributed by atoms with Gasteiger partial charge in [-0.1, -0.05) is 17.7 Å². The van der Waals surface area contributed by atoms with E-state index in [1.165, 1.54) is 12.0 Å². The largest absolute Gasteiger partial charge is 0.340 e. The van der Waals surface area contributed by atoms with Crippen LogP contribution in [0.2, 0.25) is 0 Å². The molecule has 2 aromatic rings. The zero-order chi connectivity index (χ0) is 18.8. The molecule has 1 aromatic heterocycles. The van der Waals surface area contributed by atoms with Crippen molar-refractivity contribution in [3.8, 4) is 0 Å². The molecular weight excluding hydrogens is 340 g/mol. The Morgan fingerprint density at radius 1 is 1.30 bits per heavy atom. The van der Waals surface area contributed by atoms with Crippen LogP contribution in [0.4, 0.5) is 17.5 Å². The summed E-state index contributed by atoms with van der Waals surface area (Å²) in [6.45, 7) is 4.13. The van der Waals surface area contributed by atoms with E-state index in [1.54, 1.807) is 0 Å². The van der Waals surface area contributed by atoms with Crippen molar-refractivity contribution < 1.29 is 4.79 Å². The van der Waals surface area contributed by atoms with Gasteiger partial charge in [0.25, 0.3) is 0 Å². The molecule has 4 rings (SSSR count). The van der Waals surface area contributed by atoms with Crippen LogP contribution in [0.1, 0.15) is 42.1 Å². The van der Waals surface area contributed by atoms with Gasteiger partial charge >= 0.3 is 0 Å². The van der Waals surface area contributed by atoms with E-state index in [2.05, 4.69) is 34.6 Å². The third-order valence-electron chi connectivity index (χ3n) is 5.42. The van der Waals surface area contributed by atoms with Crippen LogP contribution in [0, 0.1) is 6.92 Å². The second kappa shape index (κ2) is 7.62. The molecule has 1 saturated heterocycles. The Labute approximate surface area is 159 Å². The van der Waals surface area contributed by atoms with Crippen LogP contribution in [0.15, 0.2) is 24.3 Å². The molecule has 0 radical (unpaired) electrons. The monoisotopic (exact) mass is 366 g/mol. The quantitative estimate of drug-likeness (QED) is 0.698. The van der Waals surface area contributed by atoms with Gasteiger partial charge in [-0.15, -0.1) is 0 Å². The summed E-state index contributed by atoms with van der Waals surface area (Å²) in [5, 5.41) is 6.61. The van der Waals surface area contributed by atoms with Crippen molar-refractivity contribution in [3.63, 3.8) is 0 Å². The standard InChI is InChI=1S/C20H26N6O/c1-13-5-7-14(8-6-13)23-19-18-16(11-22-17(18)12-27)24-20(25-19)26-9-3-2-4-15(26)10-21/h5-8,12,15,17,22H,2-4,9-11,21H2,1H3,(H,23,24,25). The van der Waals surface area contributed by atoms with Crippen LogP contribution in [-0.4, -0.2) is 35.4 Å². The maximum absolute atomic E-state index is 11.5. The van der Waals surface area contributed by atoms with E-state index >= 15 is 0 Å². The molecule has 0 bridgehead atoms. The molecule has 1 aromatic carbocycles. The number of rotatable bonds is 5. The number of aromatic nitrogens is 2. The Morgan fingerprint density at radius 2 is 2.11 bits per heavy atom. The highest BCUT2D eigenvalue weighted by molar-refractivity contribution is 5.72. The van der Waals surface area contributed by atoms with Gasteiger partial charge in [-0.25, -0.2) is 4.98 Å². The minimum atomic E-state index is -0.381. The number of carbonyl (C=O) groups excluding carboxylic acids is 1. The fourth-order valence-electron chi connectivity index (χ4n) is 3.90. The zero-order valence-electron chi connectivity index (χ0n) is 15.6. The fourth-order valence-corrected chi connectivity index (χ4v) is 3.90. The lowest BCUT2D eigenvalue weighted by atomic mass is 10.0. The first kappa shape index (κ1) is 17.9. The van der Waals surface area contributed by atoms with Gasteiger partial charge in [0, 0.05) is 36.9 Å². The SMILES string of the molecule is Cc1ccc(Nc2nc(N3CCCCC3CN)nc3c2C(C=O)NC3)cc1. The summed E-state index contributed by atoms with van der Waals surface area (Å²) in [5.41, 5.74) is 9.85. The minimum Gasteiger partial charge on any atom is -0.340 e. The smallest absolute Gasteiger partial charge is 0.227 e. The van der Waals surface area contributed by atoms with Crippen LogP contribution < -0.4 is 21.3 Å². The number of aryl methyl sites for hydroxylation is 1. The molecule has 7 nitrogen and oxygen atoms in total. The van der Waals surface area contributed by atoms with E-state index in [-0.39, 0.29) is 12.1 Å². The molecule has 3 heterocycles. The predicted octanol–water partition coefficient (Wildman–Crippen LogP) is 2.19. The fraction of sp³-hybridized carbons (Fsp3) is 0.450.